The van der Waals surface area contributed by atoms with Gasteiger partial charge in [0.05, 0.1) is 13.2 Å². The van der Waals surface area contributed by atoms with Crippen LogP contribution in [0.2, 0.25) is 0 Å². The fourth-order valence-electron chi connectivity index (χ4n) is 1.21. The molecule has 7 nitrogen and oxygen atoms in total. The highest BCUT2D eigenvalue weighted by Crippen LogP contribution is 2.43. The number of ether oxygens (including phenoxy) is 1. The van der Waals surface area contributed by atoms with Gasteiger partial charge in [-0.05, 0) is 26.2 Å². The quantitative estimate of drug-likeness (QED) is 0.286. The molecule has 0 rings (SSSR count). The van der Waals surface area contributed by atoms with Crippen molar-refractivity contribution in [3.8, 4) is 0 Å². The molecule has 0 heterocycles. The second-order valence-electron chi connectivity index (χ2n) is 4.22. The molecule has 20 heavy (non-hydrogen) atoms. The van der Waals surface area contributed by atoms with Crippen molar-refractivity contribution < 1.29 is 32.8 Å². The lowest BCUT2D eigenvalue weighted by Crippen LogP contribution is -2.06. The fraction of sp³-hybridized carbons (Fsp3) is 0.667. The SMILES string of the molecule is C=C(C)C(=O)OCCCCCCOP(=O)(O)OC(C)=O. The zero-order valence-corrected chi connectivity index (χ0v) is 12.7. The van der Waals surface area contributed by atoms with Crippen molar-refractivity contribution in [2.24, 2.45) is 0 Å². The summed E-state index contributed by atoms with van der Waals surface area (Å²) in [6.07, 6.45) is 2.76. The second-order valence-corrected chi connectivity index (χ2v) is 5.59. The molecule has 0 aliphatic rings. The molecule has 0 aliphatic heterocycles. The standard InChI is InChI=1S/C12H21O7P/c1-10(2)12(14)17-8-6-4-5-7-9-18-20(15,16)19-11(3)13/h1,4-9H2,2-3H3,(H,15,16). The smallest absolute Gasteiger partial charge is 0.462 e. The minimum atomic E-state index is -4.26. The van der Waals surface area contributed by atoms with E-state index >= 15 is 0 Å². The third-order valence-corrected chi connectivity index (χ3v) is 3.12. The first-order chi connectivity index (χ1) is 9.24. The highest BCUT2D eigenvalue weighted by molar-refractivity contribution is 7.48. The number of carbonyl (C=O) groups is 2. The van der Waals surface area contributed by atoms with Crippen LogP contribution in [-0.4, -0.2) is 30.0 Å². The van der Waals surface area contributed by atoms with Crippen LogP contribution in [0.5, 0.6) is 0 Å². The maximum absolute atomic E-state index is 11.1. The molecule has 1 unspecified atom stereocenters. The van der Waals surface area contributed by atoms with E-state index in [4.69, 9.17) is 9.63 Å². The van der Waals surface area contributed by atoms with E-state index in [0.717, 1.165) is 19.8 Å². The van der Waals surface area contributed by atoms with Crippen LogP contribution in [0.1, 0.15) is 39.5 Å². The van der Waals surface area contributed by atoms with Gasteiger partial charge < -0.3 is 9.26 Å². The predicted molar refractivity (Wildman–Crippen MR) is 71.8 cm³/mol. The summed E-state index contributed by atoms with van der Waals surface area (Å²) in [5.41, 5.74) is 0.363. The van der Waals surface area contributed by atoms with Gasteiger partial charge in [-0.1, -0.05) is 13.0 Å². The lowest BCUT2D eigenvalue weighted by atomic mass is 10.2. The third kappa shape index (κ3) is 10.7. The van der Waals surface area contributed by atoms with Crippen molar-refractivity contribution in [2.45, 2.75) is 39.5 Å². The first-order valence-electron chi connectivity index (χ1n) is 6.25. The maximum Gasteiger partial charge on any atom is 0.529 e. The third-order valence-electron chi connectivity index (χ3n) is 2.12. The van der Waals surface area contributed by atoms with Crippen LogP contribution in [0.4, 0.5) is 0 Å². The predicted octanol–water partition coefficient (Wildman–Crippen LogP) is 2.35. The number of unbranched alkanes of at least 4 members (excludes halogenated alkanes) is 3. The van der Waals surface area contributed by atoms with Gasteiger partial charge in [0.2, 0.25) is 0 Å². The molecule has 0 spiro atoms. The molecule has 8 heteroatoms. The molecular weight excluding hydrogens is 287 g/mol. The van der Waals surface area contributed by atoms with E-state index in [-0.39, 0.29) is 6.61 Å². The van der Waals surface area contributed by atoms with E-state index in [9.17, 15) is 14.2 Å². The van der Waals surface area contributed by atoms with Crippen LogP contribution in [0.15, 0.2) is 12.2 Å². The van der Waals surface area contributed by atoms with E-state index in [0.29, 0.717) is 25.0 Å². The molecule has 1 N–H and O–H groups in total. The Morgan fingerprint density at radius 2 is 1.65 bits per heavy atom. The highest BCUT2D eigenvalue weighted by Gasteiger charge is 2.23. The van der Waals surface area contributed by atoms with E-state index in [1.807, 2.05) is 0 Å². The molecule has 0 aromatic carbocycles. The zero-order chi connectivity index (χ0) is 15.6. The molecule has 0 saturated heterocycles. The van der Waals surface area contributed by atoms with Gasteiger partial charge in [-0.15, -0.1) is 0 Å². The first-order valence-corrected chi connectivity index (χ1v) is 7.74. The van der Waals surface area contributed by atoms with Gasteiger partial charge in [-0.2, -0.15) is 0 Å². The Balaban J connectivity index is 3.50. The summed E-state index contributed by atoms with van der Waals surface area (Å²) in [4.78, 5) is 30.6. The number of phosphoric ester groups is 1. The normalized spacial score (nSPS) is 13.3. The van der Waals surface area contributed by atoms with E-state index in [1.165, 1.54) is 0 Å². The average molecular weight is 308 g/mol. The van der Waals surface area contributed by atoms with Crippen LogP contribution < -0.4 is 0 Å². The summed E-state index contributed by atoms with van der Waals surface area (Å²) in [6.45, 7) is 6.40. The molecule has 0 amide bonds. The van der Waals surface area contributed by atoms with Crippen molar-refractivity contribution in [1.82, 2.24) is 0 Å². The summed E-state index contributed by atoms with van der Waals surface area (Å²) >= 11 is 0. The maximum atomic E-state index is 11.1. The van der Waals surface area contributed by atoms with Crippen LogP contribution in [0, 0.1) is 0 Å². The second kappa shape index (κ2) is 9.69. The van der Waals surface area contributed by atoms with Crippen molar-refractivity contribution >= 4 is 19.8 Å². The van der Waals surface area contributed by atoms with E-state index < -0.39 is 19.8 Å². The molecule has 116 valence electrons. The Hall–Kier alpha value is -1.17. The Morgan fingerprint density at radius 1 is 1.10 bits per heavy atom. The number of rotatable bonds is 10. The Bertz CT molecular complexity index is 391. The van der Waals surface area contributed by atoms with Gasteiger partial charge in [-0.25, -0.2) is 9.36 Å². The molecule has 0 bridgehead atoms. The number of phosphoric acid groups is 1. The van der Waals surface area contributed by atoms with Gasteiger partial charge in [0, 0.05) is 12.5 Å². The molecule has 0 aromatic heterocycles. The largest absolute Gasteiger partial charge is 0.529 e. The fourth-order valence-corrected chi connectivity index (χ4v) is 1.95. The van der Waals surface area contributed by atoms with Crippen LogP contribution in [0.3, 0.4) is 0 Å². The van der Waals surface area contributed by atoms with Gasteiger partial charge in [0.25, 0.3) is 0 Å². The Kier molecular flexibility index (Phi) is 9.12. The van der Waals surface area contributed by atoms with Crippen molar-refractivity contribution in [3.05, 3.63) is 12.2 Å². The number of hydrogen-bond donors (Lipinski definition) is 1. The summed E-state index contributed by atoms with van der Waals surface area (Å²) in [5, 5.41) is 0. The Labute approximate surface area is 118 Å². The molecule has 0 radical (unpaired) electrons. The summed E-state index contributed by atoms with van der Waals surface area (Å²) < 4.78 is 24.7. The minimum Gasteiger partial charge on any atom is -0.462 e. The lowest BCUT2D eigenvalue weighted by molar-refractivity contribution is -0.139. The van der Waals surface area contributed by atoms with Crippen LogP contribution in [-0.2, 0) is 27.9 Å². The van der Waals surface area contributed by atoms with Gasteiger partial charge in [0.1, 0.15) is 0 Å². The van der Waals surface area contributed by atoms with Crippen molar-refractivity contribution in [2.75, 3.05) is 13.2 Å². The van der Waals surface area contributed by atoms with Crippen molar-refractivity contribution in [3.63, 3.8) is 0 Å². The molecule has 1 atom stereocenters. The Morgan fingerprint density at radius 3 is 2.15 bits per heavy atom. The average Bonchev–Trinajstić information content (AvgIpc) is 2.30. The monoisotopic (exact) mass is 308 g/mol. The lowest BCUT2D eigenvalue weighted by Gasteiger charge is -2.10. The van der Waals surface area contributed by atoms with E-state index in [2.05, 4.69) is 15.6 Å². The minimum absolute atomic E-state index is 0.0204. The molecule has 0 saturated carbocycles. The number of esters is 1. The summed E-state index contributed by atoms with van der Waals surface area (Å²) in [7, 11) is -4.26. The van der Waals surface area contributed by atoms with Crippen LogP contribution >= 0.6 is 7.82 Å². The van der Waals surface area contributed by atoms with Crippen molar-refractivity contribution in [1.29, 1.82) is 0 Å². The molecule has 0 fully saturated rings. The highest BCUT2D eigenvalue weighted by atomic mass is 31.2. The summed E-state index contributed by atoms with van der Waals surface area (Å²) in [6, 6.07) is 0. The number of hydrogen-bond acceptors (Lipinski definition) is 6. The van der Waals surface area contributed by atoms with Gasteiger partial charge in [0.15, 0.2) is 0 Å². The molecule has 0 aromatic rings. The zero-order valence-electron chi connectivity index (χ0n) is 11.8. The summed E-state index contributed by atoms with van der Waals surface area (Å²) in [5.74, 6) is -1.27. The molecular formula is C12H21O7P. The topological polar surface area (TPSA) is 99.1 Å². The van der Waals surface area contributed by atoms with Gasteiger partial charge in [-0.3, -0.25) is 14.2 Å². The van der Waals surface area contributed by atoms with Crippen LogP contribution in [0.25, 0.3) is 0 Å². The molecule has 0 aliphatic carbocycles. The van der Waals surface area contributed by atoms with E-state index in [1.54, 1.807) is 6.92 Å². The first kappa shape index (κ1) is 18.8. The number of carbonyl (C=O) groups excluding carboxylic acids is 2. The van der Waals surface area contributed by atoms with Gasteiger partial charge >= 0.3 is 19.8 Å².